The Morgan fingerprint density at radius 3 is 2.81 bits per heavy atom. The van der Waals surface area contributed by atoms with Crippen molar-refractivity contribution in [1.29, 1.82) is 0 Å². The van der Waals surface area contributed by atoms with Gasteiger partial charge in [0.15, 0.2) is 0 Å². The SMILES string of the molecule is CC1CCCN1c1ccc(F)cc1[C@@H](C)N. The highest BCUT2D eigenvalue weighted by Crippen LogP contribution is 2.31. The summed E-state index contributed by atoms with van der Waals surface area (Å²) in [6.07, 6.45) is 2.41. The maximum atomic E-state index is 13.2. The van der Waals surface area contributed by atoms with Gasteiger partial charge in [0.1, 0.15) is 5.82 Å². The molecule has 16 heavy (non-hydrogen) atoms. The van der Waals surface area contributed by atoms with E-state index in [0.717, 1.165) is 17.8 Å². The molecule has 1 heterocycles. The lowest BCUT2D eigenvalue weighted by molar-refractivity contribution is 0.620. The van der Waals surface area contributed by atoms with Crippen LogP contribution in [-0.2, 0) is 0 Å². The summed E-state index contributed by atoms with van der Waals surface area (Å²) in [4.78, 5) is 2.33. The lowest BCUT2D eigenvalue weighted by atomic mass is 10.1. The van der Waals surface area contributed by atoms with Gasteiger partial charge in [-0.3, -0.25) is 0 Å². The van der Waals surface area contributed by atoms with Gasteiger partial charge in [-0.15, -0.1) is 0 Å². The number of nitrogens with zero attached hydrogens (tertiary/aromatic N) is 1. The van der Waals surface area contributed by atoms with Gasteiger partial charge in [0, 0.05) is 24.3 Å². The minimum absolute atomic E-state index is 0.126. The Morgan fingerprint density at radius 1 is 1.50 bits per heavy atom. The topological polar surface area (TPSA) is 29.3 Å². The zero-order valence-corrected chi connectivity index (χ0v) is 9.91. The smallest absolute Gasteiger partial charge is 0.123 e. The molecule has 0 aliphatic carbocycles. The zero-order valence-electron chi connectivity index (χ0n) is 9.91. The second kappa shape index (κ2) is 4.42. The summed E-state index contributed by atoms with van der Waals surface area (Å²) in [6.45, 7) is 5.16. The predicted octanol–water partition coefficient (Wildman–Crippen LogP) is 2.83. The number of hydrogen-bond donors (Lipinski definition) is 1. The van der Waals surface area contributed by atoms with Gasteiger partial charge in [0.2, 0.25) is 0 Å². The molecule has 1 fully saturated rings. The zero-order chi connectivity index (χ0) is 11.7. The van der Waals surface area contributed by atoms with Crippen molar-refractivity contribution in [2.75, 3.05) is 11.4 Å². The lowest BCUT2D eigenvalue weighted by Crippen LogP contribution is -2.28. The van der Waals surface area contributed by atoms with Gasteiger partial charge in [-0.05, 0) is 50.5 Å². The highest BCUT2D eigenvalue weighted by atomic mass is 19.1. The van der Waals surface area contributed by atoms with E-state index in [4.69, 9.17) is 5.73 Å². The van der Waals surface area contributed by atoms with E-state index in [1.807, 2.05) is 13.0 Å². The van der Waals surface area contributed by atoms with Crippen LogP contribution in [0.15, 0.2) is 18.2 Å². The van der Waals surface area contributed by atoms with Crippen molar-refractivity contribution >= 4 is 5.69 Å². The monoisotopic (exact) mass is 222 g/mol. The molecule has 1 unspecified atom stereocenters. The fourth-order valence-electron chi connectivity index (χ4n) is 2.44. The van der Waals surface area contributed by atoms with Crippen molar-refractivity contribution in [1.82, 2.24) is 0 Å². The molecular formula is C13H19FN2. The van der Waals surface area contributed by atoms with Crippen LogP contribution in [0.25, 0.3) is 0 Å². The summed E-state index contributed by atoms with van der Waals surface area (Å²) in [5.41, 5.74) is 7.91. The van der Waals surface area contributed by atoms with Crippen molar-refractivity contribution < 1.29 is 4.39 Å². The Bertz CT molecular complexity index is 376. The molecule has 0 radical (unpaired) electrons. The summed E-state index contributed by atoms with van der Waals surface area (Å²) < 4.78 is 13.2. The first-order chi connectivity index (χ1) is 7.59. The van der Waals surface area contributed by atoms with Crippen molar-refractivity contribution in [3.05, 3.63) is 29.6 Å². The molecule has 1 aliphatic rings. The second-order valence-corrected chi connectivity index (χ2v) is 4.68. The quantitative estimate of drug-likeness (QED) is 0.833. The van der Waals surface area contributed by atoms with E-state index in [2.05, 4.69) is 11.8 Å². The fraction of sp³-hybridized carbons (Fsp3) is 0.538. The first-order valence-electron chi connectivity index (χ1n) is 5.91. The molecule has 1 aliphatic heterocycles. The molecule has 0 bridgehead atoms. The Hall–Kier alpha value is -1.09. The fourth-order valence-corrected chi connectivity index (χ4v) is 2.44. The van der Waals surface area contributed by atoms with Crippen molar-refractivity contribution in [2.24, 2.45) is 5.73 Å². The molecular weight excluding hydrogens is 203 g/mol. The van der Waals surface area contributed by atoms with Crippen molar-refractivity contribution in [2.45, 2.75) is 38.8 Å². The maximum Gasteiger partial charge on any atom is 0.123 e. The molecule has 2 rings (SSSR count). The summed E-state index contributed by atoms with van der Waals surface area (Å²) in [5.74, 6) is -0.206. The molecule has 3 heteroatoms. The largest absolute Gasteiger partial charge is 0.369 e. The standard InChI is InChI=1S/C13H19FN2/c1-9-4-3-7-16(9)13-6-5-11(14)8-12(13)10(2)15/h5-6,8-10H,3-4,7,15H2,1-2H3/t9?,10-/m1/s1. The van der Waals surface area contributed by atoms with E-state index in [-0.39, 0.29) is 11.9 Å². The van der Waals surface area contributed by atoms with Gasteiger partial charge in [-0.25, -0.2) is 4.39 Å². The van der Waals surface area contributed by atoms with Gasteiger partial charge in [-0.2, -0.15) is 0 Å². The Balaban J connectivity index is 2.39. The summed E-state index contributed by atoms with van der Waals surface area (Å²) in [5, 5.41) is 0. The van der Waals surface area contributed by atoms with Crippen LogP contribution in [0.5, 0.6) is 0 Å². The van der Waals surface area contributed by atoms with Gasteiger partial charge >= 0.3 is 0 Å². The van der Waals surface area contributed by atoms with Crippen LogP contribution in [0.2, 0.25) is 0 Å². The average Bonchev–Trinajstić information content (AvgIpc) is 2.64. The van der Waals surface area contributed by atoms with Crippen LogP contribution in [-0.4, -0.2) is 12.6 Å². The van der Waals surface area contributed by atoms with E-state index in [1.165, 1.54) is 18.9 Å². The summed E-state index contributed by atoms with van der Waals surface area (Å²) in [7, 11) is 0. The van der Waals surface area contributed by atoms with E-state index in [1.54, 1.807) is 6.07 Å². The van der Waals surface area contributed by atoms with E-state index in [0.29, 0.717) is 6.04 Å². The summed E-state index contributed by atoms with van der Waals surface area (Å²) in [6, 6.07) is 5.34. The molecule has 2 N–H and O–H groups in total. The summed E-state index contributed by atoms with van der Waals surface area (Å²) >= 11 is 0. The van der Waals surface area contributed by atoms with E-state index < -0.39 is 0 Å². The van der Waals surface area contributed by atoms with Gasteiger partial charge in [0.25, 0.3) is 0 Å². The van der Waals surface area contributed by atoms with Crippen LogP contribution in [0.3, 0.4) is 0 Å². The van der Waals surface area contributed by atoms with Crippen LogP contribution in [0.4, 0.5) is 10.1 Å². The number of halogens is 1. The number of hydrogen-bond acceptors (Lipinski definition) is 2. The normalized spacial score (nSPS) is 22.5. The molecule has 0 amide bonds. The van der Waals surface area contributed by atoms with E-state index in [9.17, 15) is 4.39 Å². The van der Waals surface area contributed by atoms with Crippen LogP contribution in [0.1, 0.15) is 38.3 Å². The Morgan fingerprint density at radius 2 is 2.25 bits per heavy atom. The molecule has 0 spiro atoms. The number of anilines is 1. The highest BCUT2D eigenvalue weighted by molar-refractivity contribution is 5.56. The molecule has 1 aromatic carbocycles. The average molecular weight is 222 g/mol. The molecule has 2 atom stereocenters. The minimum Gasteiger partial charge on any atom is -0.369 e. The van der Waals surface area contributed by atoms with Crippen LogP contribution >= 0.6 is 0 Å². The van der Waals surface area contributed by atoms with Gasteiger partial charge < -0.3 is 10.6 Å². The van der Waals surface area contributed by atoms with E-state index >= 15 is 0 Å². The first-order valence-corrected chi connectivity index (χ1v) is 5.91. The first kappa shape index (κ1) is 11.4. The van der Waals surface area contributed by atoms with Gasteiger partial charge in [-0.1, -0.05) is 0 Å². The molecule has 1 saturated heterocycles. The number of rotatable bonds is 2. The third kappa shape index (κ3) is 2.05. The molecule has 1 aromatic rings. The van der Waals surface area contributed by atoms with Crippen LogP contribution in [0, 0.1) is 5.82 Å². The minimum atomic E-state index is -0.206. The van der Waals surface area contributed by atoms with Crippen molar-refractivity contribution in [3.8, 4) is 0 Å². The Kier molecular flexibility index (Phi) is 3.15. The van der Waals surface area contributed by atoms with Crippen LogP contribution < -0.4 is 10.6 Å². The molecule has 0 aromatic heterocycles. The number of benzene rings is 1. The third-order valence-corrected chi connectivity index (χ3v) is 3.34. The molecule has 0 saturated carbocycles. The predicted molar refractivity (Wildman–Crippen MR) is 65.0 cm³/mol. The second-order valence-electron chi connectivity index (χ2n) is 4.68. The lowest BCUT2D eigenvalue weighted by Gasteiger charge is -2.27. The molecule has 88 valence electrons. The molecule has 2 nitrogen and oxygen atoms in total. The van der Waals surface area contributed by atoms with Gasteiger partial charge in [0.05, 0.1) is 0 Å². The highest BCUT2D eigenvalue weighted by Gasteiger charge is 2.23. The number of nitrogens with two attached hydrogens (primary N) is 1. The maximum absolute atomic E-state index is 13.2. The third-order valence-electron chi connectivity index (χ3n) is 3.34. The van der Waals surface area contributed by atoms with Crippen molar-refractivity contribution in [3.63, 3.8) is 0 Å². The Labute approximate surface area is 96.2 Å².